The second-order valence-electron chi connectivity index (χ2n) is 13.8. The number of aromatic hydroxyl groups is 1. The smallest absolute Gasteiger partial charge is 0.222 e. The van der Waals surface area contributed by atoms with Crippen LogP contribution in [0.2, 0.25) is 0 Å². The lowest BCUT2D eigenvalue weighted by molar-refractivity contribution is -0.132. The molecule has 1 amide bonds. The van der Waals surface area contributed by atoms with Gasteiger partial charge in [0.2, 0.25) is 5.91 Å². The predicted octanol–water partition coefficient (Wildman–Crippen LogP) is 6.79. The van der Waals surface area contributed by atoms with Crippen LogP contribution < -0.4 is 0 Å². The van der Waals surface area contributed by atoms with Crippen LogP contribution in [0.25, 0.3) is 0 Å². The number of carbonyl (C=O) groups is 1. The van der Waals surface area contributed by atoms with Gasteiger partial charge in [0, 0.05) is 32.5 Å². The number of aliphatic hydroxyl groups is 1. The zero-order valence-electron chi connectivity index (χ0n) is 24.8. The minimum Gasteiger partial charge on any atom is -0.508 e. The molecule has 0 spiro atoms. The van der Waals surface area contributed by atoms with E-state index in [1.165, 1.54) is 32.1 Å². The third-order valence-electron chi connectivity index (χ3n) is 11.4. The van der Waals surface area contributed by atoms with Crippen molar-refractivity contribution in [2.75, 3.05) is 26.8 Å². The fourth-order valence-corrected chi connectivity index (χ4v) is 9.27. The van der Waals surface area contributed by atoms with Crippen molar-refractivity contribution in [3.8, 4) is 5.75 Å². The number of phenols is 1. The second kappa shape index (κ2) is 13.1. The number of nitrogens with zero attached hydrogens (tertiary/aromatic N) is 1. The largest absolute Gasteiger partial charge is 0.508 e. The van der Waals surface area contributed by atoms with Gasteiger partial charge in [0.05, 0.1) is 12.7 Å². The number of halogens is 1. The van der Waals surface area contributed by atoms with E-state index in [0.29, 0.717) is 43.7 Å². The molecule has 224 valence electrons. The summed E-state index contributed by atoms with van der Waals surface area (Å²) in [4.78, 5) is 15.2. The number of ether oxygens (including phenoxy) is 1. The zero-order valence-corrected chi connectivity index (χ0v) is 24.8. The molecule has 5 nitrogen and oxygen atoms in total. The van der Waals surface area contributed by atoms with Gasteiger partial charge in [-0.3, -0.25) is 4.79 Å². The number of hydrogen-bond donors (Lipinski definition) is 2. The lowest BCUT2D eigenvalue weighted by Crippen LogP contribution is -2.51. The second-order valence-corrected chi connectivity index (χ2v) is 13.8. The van der Waals surface area contributed by atoms with E-state index in [0.717, 1.165) is 62.6 Å². The average Bonchev–Trinajstić information content (AvgIpc) is 3.24. The number of methoxy groups -OCH3 is 1. The zero-order chi connectivity index (χ0) is 28.3. The molecule has 0 radical (unpaired) electrons. The molecule has 1 aromatic carbocycles. The monoisotopic (exact) mass is 557 g/mol. The van der Waals surface area contributed by atoms with Crippen LogP contribution in [0.1, 0.15) is 107 Å². The highest BCUT2D eigenvalue weighted by Crippen LogP contribution is 2.63. The molecule has 3 unspecified atom stereocenters. The molecule has 0 heterocycles. The SMILES string of the molecule is COCCN(CCCC[C@@H]1Cc2cc(O)ccc2C2C1C1CC[C@H](O)[C@@]1(C)C[C@@H]2F)C(=O)CCC1CCCCC1. The fourth-order valence-electron chi connectivity index (χ4n) is 9.27. The van der Waals surface area contributed by atoms with E-state index in [1.54, 1.807) is 13.2 Å². The van der Waals surface area contributed by atoms with Crippen molar-refractivity contribution in [1.82, 2.24) is 4.90 Å². The summed E-state index contributed by atoms with van der Waals surface area (Å²) in [5.74, 6) is 1.92. The first kappa shape index (κ1) is 29.8. The van der Waals surface area contributed by atoms with Gasteiger partial charge in [-0.1, -0.05) is 51.5 Å². The van der Waals surface area contributed by atoms with Crippen molar-refractivity contribution in [3.63, 3.8) is 0 Å². The molecule has 40 heavy (non-hydrogen) atoms. The molecule has 7 atom stereocenters. The van der Waals surface area contributed by atoms with Crippen molar-refractivity contribution < 1.29 is 24.1 Å². The van der Waals surface area contributed by atoms with Crippen molar-refractivity contribution in [1.29, 1.82) is 0 Å². The van der Waals surface area contributed by atoms with Gasteiger partial charge in [-0.2, -0.15) is 0 Å². The molecule has 3 fully saturated rings. The van der Waals surface area contributed by atoms with Crippen LogP contribution in [0.5, 0.6) is 5.75 Å². The summed E-state index contributed by atoms with van der Waals surface area (Å²) in [5, 5.41) is 21.1. The summed E-state index contributed by atoms with van der Waals surface area (Å²) in [6.07, 6.45) is 12.7. The Kier molecular flexibility index (Phi) is 9.77. The first-order valence-corrected chi connectivity index (χ1v) is 16.2. The first-order chi connectivity index (χ1) is 19.3. The van der Waals surface area contributed by atoms with Crippen LogP contribution in [0.4, 0.5) is 4.39 Å². The number of aliphatic hydroxyl groups excluding tert-OH is 1. The maximum atomic E-state index is 16.0. The fraction of sp³-hybridized carbons (Fsp3) is 0.794. The molecule has 6 heteroatoms. The van der Waals surface area contributed by atoms with Crippen LogP contribution in [0.3, 0.4) is 0 Å². The minimum absolute atomic E-state index is 0.155. The van der Waals surface area contributed by atoms with Crippen molar-refractivity contribution in [2.45, 2.75) is 115 Å². The van der Waals surface area contributed by atoms with Gasteiger partial charge in [-0.25, -0.2) is 4.39 Å². The van der Waals surface area contributed by atoms with E-state index in [9.17, 15) is 15.0 Å². The molecule has 0 aliphatic heterocycles. The number of phenolic OH excluding ortho intramolecular Hbond substituents is 1. The third kappa shape index (κ3) is 6.23. The molecular weight excluding hydrogens is 505 g/mol. The molecule has 0 saturated heterocycles. The minimum atomic E-state index is -0.976. The van der Waals surface area contributed by atoms with Crippen molar-refractivity contribution in [2.24, 2.45) is 29.1 Å². The van der Waals surface area contributed by atoms with Gasteiger partial charge in [0.25, 0.3) is 0 Å². The van der Waals surface area contributed by atoms with E-state index in [4.69, 9.17) is 4.74 Å². The number of carbonyl (C=O) groups excluding carboxylic acids is 1. The Balaban J connectivity index is 1.23. The van der Waals surface area contributed by atoms with Gasteiger partial charge in [-0.05, 0) is 97.3 Å². The highest BCUT2D eigenvalue weighted by molar-refractivity contribution is 5.76. The summed E-state index contributed by atoms with van der Waals surface area (Å²) in [6.45, 7) is 4.07. The van der Waals surface area contributed by atoms with Crippen LogP contribution >= 0.6 is 0 Å². The Hall–Kier alpha value is -1.66. The van der Waals surface area contributed by atoms with Crippen LogP contribution in [0, 0.1) is 29.1 Å². The number of hydrogen-bond acceptors (Lipinski definition) is 4. The molecule has 0 aromatic heterocycles. The van der Waals surface area contributed by atoms with E-state index in [1.807, 2.05) is 17.0 Å². The number of amides is 1. The molecule has 4 aliphatic carbocycles. The quantitative estimate of drug-likeness (QED) is 0.294. The van der Waals surface area contributed by atoms with Gasteiger partial charge in [-0.15, -0.1) is 0 Å². The third-order valence-corrected chi connectivity index (χ3v) is 11.4. The number of unbranched alkanes of at least 4 members (excludes halogenated alkanes) is 1. The lowest BCUT2D eigenvalue weighted by atomic mass is 9.51. The first-order valence-electron chi connectivity index (χ1n) is 16.2. The molecular formula is C34H52FNO4. The maximum absolute atomic E-state index is 16.0. The highest BCUT2D eigenvalue weighted by atomic mass is 19.1. The van der Waals surface area contributed by atoms with E-state index in [2.05, 4.69) is 6.92 Å². The van der Waals surface area contributed by atoms with E-state index < -0.39 is 12.3 Å². The van der Waals surface area contributed by atoms with Gasteiger partial charge in [0.15, 0.2) is 0 Å². The van der Waals surface area contributed by atoms with Gasteiger partial charge < -0.3 is 19.8 Å². The molecule has 2 N–H and O–H groups in total. The van der Waals surface area contributed by atoms with Crippen LogP contribution in [-0.2, 0) is 16.0 Å². The summed E-state index contributed by atoms with van der Waals surface area (Å²) >= 11 is 0. The Morgan fingerprint density at radius 3 is 2.67 bits per heavy atom. The van der Waals surface area contributed by atoms with Crippen LogP contribution in [0.15, 0.2) is 18.2 Å². The van der Waals surface area contributed by atoms with Crippen molar-refractivity contribution in [3.05, 3.63) is 29.3 Å². The molecule has 1 aromatic rings. The summed E-state index contributed by atoms with van der Waals surface area (Å²) in [7, 11) is 1.69. The number of benzene rings is 1. The topological polar surface area (TPSA) is 70.0 Å². The van der Waals surface area contributed by atoms with Crippen LogP contribution in [-0.4, -0.2) is 60.1 Å². The molecule has 4 aliphatic rings. The number of fused-ring (bicyclic) bond motifs is 5. The summed E-state index contributed by atoms with van der Waals surface area (Å²) < 4.78 is 21.3. The highest BCUT2D eigenvalue weighted by Gasteiger charge is 2.59. The van der Waals surface area contributed by atoms with E-state index >= 15 is 4.39 Å². The van der Waals surface area contributed by atoms with E-state index in [-0.39, 0.29) is 28.9 Å². The maximum Gasteiger partial charge on any atom is 0.222 e. The number of rotatable bonds is 11. The summed E-state index contributed by atoms with van der Waals surface area (Å²) in [6, 6.07) is 5.51. The Morgan fingerprint density at radius 2 is 1.90 bits per heavy atom. The average molecular weight is 558 g/mol. The Morgan fingerprint density at radius 1 is 1.10 bits per heavy atom. The van der Waals surface area contributed by atoms with Gasteiger partial charge in [0.1, 0.15) is 11.9 Å². The molecule has 3 saturated carbocycles. The Labute approximate surface area is 240 Å². The summed E-state index contributed by atoms with van der Waals surface area (Å²) in [5.41, 5.74) is 1.81. The van der Waals surface area contributed by atoms with Crippen molar-refractivity contribution >= 4 is 5.91 Å². The molecule has 5 rings (SSSR count). The van der Waals surface area contributed by atoms with Gasteiger partial charge >= 0.3 is 0 Å². The molecule has 0 bridgehead atoms. The Bertz CT molecular complexity index is 996. The number of alkyl halides is 1. The predicted molar refractivity (Wildman–Crippen MR) is 156 cm³/mol. The lowest BCUT2D eigenvalue weighted by Gasteiger charge is -2.54. The normalized spacial score (nSPS) is 33.7. The standard InChI is InChI=1S/C34H52FNO4/c1-34-22-29(35)33-27-13-12-26(37)21-25(27)20-24(32(33)28(34)14-15-30(34)38)10-6-7-17-36(18-19-40-2)31(39)16-11-23-8-4-3-5-9-23/h12-13,21,23-24,28-30,32-33,37-38H,3-11,14-20,22H2,1-2H3/t24-,28?,29+,30+,32?,33?,34+/m1/s1.